The summed E-state index contributed by atoms with van der Waals surface area (Å²) < 4.78 is 2.07. The standard InChI is InChI=1S/C17H19N3/c1-11(2)20-12(3)19-16(17(20)18)15-9-8-13-6-4-5-7-14(13)10-15/h4-11H,18H2,1-3H3. The van der Waals surface area contributed by atoms with Gasteiger partial charge in [0, 0.05) is 11.6 Å². The van der Waals surface area contributed by atoms with Crippen molar-refractivity contribution in [2.24, 2.45) is 0 Å². The fraction of sp³-hybridized carbons (Fsp3) is 0.235. The zero-order valence-corrected chi connectivity index (χ0v) is 12.1. The fourth-order valence-electron chi connectivity index (χ4n) is 2.76. The largest absolute Gasteiger partial charge is 0.383 e. The molecule has 0 radical (unpaired) electrons. The van der Waals surface area contributed by atoms with Crippen LogP contribution in [0.4, 0.5) is 5.82 Å². The summed E-state index contributed by atoms with van der Waals surface area (Å²) in [7, 11) is 0. The number of benzene rings is 2. The molecule has 0 spiro atoms. The third-order valence-electron chi connectivity index (χ3n) is 3.66. The molecule has 2 N–H and O–H groups in total. The normalized spacial score (nSPS) is 11.4. The second kappa shape index (κ2) is 4.67. The Morgan fingerprint density at radius 3 is 2.40 bits per heavy atom. The third-order valence-corrected chi connectivity index (χ3v) is 3.66. The molecule has 0 aliphatic heterocycles. The van der Waals surface area contributed by atoms with Gasteiger partial charge in [-0.05, 0) is 37.6 Å². The highest BCUT2D eigenvalue weighted by Gasteiger charge is 2.15. The predicted octanol–water partition coefficient (Wildman–Crippen LogP) is 4.17. The molecule has 1 aromatic heterocycles. The van der Waals surface area contributed by atoms with E-state index in [1.54, 1.807) is 0 Å². The molecule has 102 valence electrons. The van der Waals surface area contributed by atoms with Gasteiger partial charge in [0.25, 0.3) is 0 Å². The Morgan fingerprint density at radius 2 is 1.75 bits per heavy atom. The quantitative estimate of drug-likeness (QED) is 0.755. The lowest BCUT2D eigenvalue weighted by Gasteiger charge is -2.11. The average molecular weight is 265 g/mol. The minimum absolute atomic E-state index is 0.316. The van der Waals surface area contributed by atoms with Crippen LogP contribution in [0.2, 0.25) is 0 Å². The van der Waals surface area contributed by atoms with Crippen LogP contribution in [0.15, 0.2) is 42.5 Å². The molecule has 0 amide bonds. The van der Waals surface area contributed by atoms with E-state index in [0.29, 0.717) is 6.04 Å². The first-order chi connectivity index (χ1) is 9.58. The van der Waals surface area contributed by atoms with Crippen LogP contribution in [0.3, 0.4) is 0 Å². The van der Waals surface area contributed by atoms with Crippen molar-refractivity contribution in [2.45, 2.75) is 26.8 Å². The molecule has 0 bridgehead atoms. The summed E-state index contributed by atoms with van der Waals surface area (Å²) in [6.07, 6.45) is 0. The summed E-state index contributed by atoms with van der Waals surface area (Å²) in [6, 6.07) is 15.0. The minimum Gasteiger partial charge on any atom is -0.383 e. The number of anilines is 1. The summed E-state index contributed by atoms with van der Waals surface area (Å²) in [5, 5.41) is 2.44. The van der Waals surface area contributed by atoms with E-state index in [9.17, 15) is 0 Å². The van der Waals surface area contributed by atoms with Crippen LogP contribution >= 0.6 is 0 Å². The molecule has 3 heteroatoms. The highest BCUT2D eigenvalue weighted by atomic mass is 15.2. The van der Waals surface area contributed by atoms with Crippen LogP contribution in [0.1, 0.15) is 25.7 Å². The van der Waals surface area contributed by atoms with Crippen molar-refractivity contribution in [3.63, 3.8) is 0 Å². The summed E-state index contributed by atoms with van der Waals surface area (Å²) in [5.74, 6) is 1.70. The Morgan fingerprint density at radius 1 is 1.05 bits per heavy atom. The van der Waals surface area contributed by atoms with Gasteiger partial charge in [-0.3, -0.25) is 0 Å². The molecular weight excluding hydrogens is 246 g/mol. The molecule has 0 fully saturated rings. The van der Waals surface area contributed by atoms with E-state index in [1.165, 1.54) is 10.8 Å². The maximum atomic E-state index is 6.28. The highest BCUT2D eigenvalue weighted by Crippen LogP contribution is 2.30. The Labute approximate surface area is 119 Å². The van der Waals surface area contributed by atoms with Gasteiger partial charge in [-0.15, -0.1) is 0 Å². The molecule has 0 aliphatic rings. The molecule has 2 aromatic carbocycles. The van der Waals surface area contributed by atoms with Gasteiger partial charge < -0.3 is 10.3 Å². The Kier molecular flexibility index (Phi) is 2.97. The molecular formula is C17H19N3. The summed E-state index contributed by atoms with van der Waals surface area (Å²) in [6.45, 7) is 6.24. The zero-order valence-electron chi connectivity index (χ0n) is 12.1. The Bertz CT molecular complexity index is 769. The van der Waals surface area contributed by atoms with Crippen molar-refractivity contribution in [3.05, 3.63) is 48.3 Å². The average Bonchev–Trinajstić information content (AvgIpc) is 2.73. The fourth-order valence-corrected chi connectivity index (χ4v) is 2.76. The third kappa shape index (κ3) is 1.95. The highest BCUT2D eigenvalue weighted by molar-refractivity contribution is 5.88. The molecule has 20 heavy (non-hydrogen) atoms. The molecule has 0 unspecified atom stereocenters. The Hall–Kier alpha value is -2.29. The van der Waals surface area contributed by atoms with Crippen molar-refractivity contribution in [3.8, 4) is 11.3 Å². The Balaban J connectivity index is 2.18. The van der Waals surface area contributed by atoms with Crippen molar-refractivity contribution in [1.29, 1.82) is 0 Å². The lowest BCUT2D eigenvalue weighted by molar-refractivity contribution is 0.590. The van der Waals surface area contributed by atoms with E-state index in [1.807, 2.05) is 19.1 Å². The predicted molar refractivity (Wildman–Crippen MR) is 84.7 cm³/mol. The van der Waals surface area contributed by atoms with Gasteiger partial charge in [0.2, 0.25) is 0 Å². The topological polar surface area (TPSA) is 43.8 Å². The molecule has 3 aromatic rings. The number of aryl methyl sites for hydroxylation is 1. The number of nitrogen functional groups attached to an aromatic ring is 1. The summed E-state index contributed by atoms with van der Waals surface area (Å²) >= 11 is 0. The van der Waals surface area contributed by atoms with Gasteiger partial charge in [-0.25, -0.2) is 4.98 Å². The van der Waals surface area contributed by atoms with Crippen molar-refractivity contribution >= 4 is 16.6 Å². The maximum Gasteiger partial charge on any atom is 0.131 e. The van der Waals surface area contributed by atoms with Gasteiger partial charge in [0.1, 0.15) is 17.3 Å². The van der Waals surface area contributed by atoms with Gasteiger partial charge in [0.05, 0.1) is 0 Å². The maximum absolute atomic E-state index is 6.28. The van der Waals surface area contributed by atoms with E-state index >= 15 is 0 Å². The van der Waals surface area contributed by atoms with Crippen molar-refractivity contribution in [2.75, 3.05) is 5.73 Å². The van der Waals surface area contributed by atoms with Crippen LogP contribution in [-0.2, 0) is 0 Å². The smallest absolute Gasteiger partial charge is 0.131 e. The van der Waals surface area contributed by atoms with Crippen LogP contribution in [0.25, 0.3) is 22.0 Å². The van der Waals surface area contributed by atoms with E-state index in [0.717, 1.165) is 22.9 Å². The number of aromatic nitrogens is 2. The summed E-state index contributed by atoms with van der Waals surface area (Å²) in [4.78, 5) is 4.65. The molecule has 0 aliphatic carbocycles. The molecule has 3 rings (SSSR count). The van der Waals surface area contributed by atoms with Gasteiger partial charge in [0.15, 0.2) is 0 Å². The van der Waals surface area contributed by atoms with E-state index in [2.05, 4.69) is 53.7 Å². The molecule has 1 heterocycles. The number of nitrogens with two attached hydrogens (primary N) is 1. The zero-order chi connectivity index (χ0) is 14.3. The van der Waals surface area contributed by atoms with Gasteiger partial charge in [-0.1, -0.05) is 36.4 Å². The lowest BCUT2D eigenvalue weighted by atomic mass is 10.1. The molecule has 0 saturated carbocycles. The first-order valence-corrected chi connectivity index (χ1v) is 6.91. The van der Waals surface area contributed by atoms with Crippen LogP contribution in [0.5, 0.6) is 0 Å². The lowest BCUT2D eigenvalue weighted by Crippen LogP contribution is -2.07. The number of rotatable bonds is 2. The molecule has 0 saturated heterocycles. The minimum atomic E-state index is 0.316. The second-order valence-corrected chi connectivity index (χ2v) is 5.42. The van der Waals surface area contributed by atoms with Crippen LogP contribution in [0, 0.1) is 6.92 Å². The van der Waals surface area contributed by atoms with Gasteiger partial charge >= 0.3 is 0 Å². The monoisotopic (exact) mass is 265 g/mol. The SMILES string of the molecule is Cc1nc(-c2ccc3ccccc3c2)c(N)n1C(C)C. The van der Waals surface area contributed by atoms with Crippen LogP contribution < -0.4 is 5.73 Å². The number of hydrogen-bond donors (Lipinski definition) is 1. The molecule has 3 nitrogen and oxygen atoms in total. The first-order valence-electron chi connectivity index (χ1n) is 6.91. The number of fused-ring (bicyclic) bond motifs is 1. The van der Waals surface area contributed by atoms with E-state index in [4.69, 9.17) is 5.73 Å². The van der Waals surface area contributed by atoms with Crippen LogP contribution in [-0.4, -0.2) is 9.55 Å². The second-order valence-electron chi connectivity index (χ2n) is 5.42. The van der Waals surface area contributed by atoms with E-state index in [-0.39, 0.29) is 0 Å². The van der Waals surface area contributed by atoms with Gasteiger partial charge in [-0.2, -0.15) is 0 Å². The van der Waals surface area contributed by atoms with E-state index < -0.39 is 0 Å². The molecule has 0 atom stereocenters. The van der Waals surface area contributed by atoms with Crippen molar-refractivity contribution in [1.82, 2.24) is 9.55 Å². The summed E-state index contributed by atoms with van der Waals surface area (Å²) in [5.41, 5.74) is 8.23. The first kappa shape index (κ1) is 12.7. The number of nitrogens with zero attached hydrogens (tertiary/aromatic N) is 2. The van der Waals surface area contributed by atoms with Crippen molar-refractivity contribution < 1.29 is 0 Å². The number of hydrogen-bond acceptors (Lipinski definition) is 2. The number of imidazole rings is 1.